The second-order valence-electron chi connectivity index (χ2n) is 5.57. The molecule has 0 saturated carbocycles. The number of rotatable bonds is 6. The van der Waals surface area contributed by atoms with Gasteiger partial charge in [0.1, 0.15) is 0 Å². The lowest BCUT2D eigenvalue weighted by molar-refractivity contribution is -0.151. The number of carbonyl (C=O) groups is 1. The number of carboxylic acids is 1. The first-order valence-corrected chi connectivity index (χ1v) is 7.15. The summed E-state index contributed by atoms with van der Waals surface area (Å²) >= 11 is 0. The maximum Gasteiger partial charge on any atom is 0.310 e. The number of carboxylic acid groups (broad SMARTS) is 1. The van der Waals surface area contributed by atoms with E-state index in [0.717, 1.165) is 26.1 Å². The maximum absolute atomic E-state index is 11.5. The molecule has 0 aromatic carbocycles. The highest BCUT2D eigenvalue weighted by atomic mass is 16.4. The van der Waals surface area contributed by atoms with Crippen LogP contribution in [0.4, 0.5) is 0 Å². The zero-order valence-electron chi connectivity index (χ0n) is 12.3. The van der Waals surface area contributed by atoms with Crippen LogP contribution < -0.4 is 0 Å². The third-order valence-electron chi connectivity index (χ3n) is 4.67. The van der Waals surface area contributed by atoms with Crippen LogP contribution in [-0.4, -0.2) is 60.1 Å². The smallest absolute Gasteiger partial charge is 0.310 e. The molecule has 1 heterocycles. The van der Waals surface area contributed by atoms with Crippen molar-refractivity contribution in [2.24, 2.45) is 5.41 Å². The van der Waals surface area contributed by atoms with Crippen LogP contribution in [0.15, 0.2) is 0 Å². The second-order valence-corrected chi connectivity index (χ2v) is 5.57. The van der Waals surface area contributed by atoms with Crippen LogP contribution in [0.1, 0.15) is 40.0 Å². The first kappa shape index (κ1) is 15.4. The lowest BCUT2D eigenvalue weighted by Crippen LogP contribution is -2.54. The van der Waals surface area contributed by atoms with Gasteiger partial charge in [-0.1, -0.05) is 20.8 Å². The van der Waals surface area contributed by atoms with Crippen LogP contribution in [0.2, 0.25) is 0 Å². The standard InChI is InChI=1S/C14H28N2O2/c1-5-12-10-16(9-8-15(12)4)11-14(6-2,7-3)13(17)18/h12H,5-11H2,1-4H3,(H,17,18). The Bertz CT molecular complexity index is 277. The number of hydrogen-bond donors (Lipinski definition) is 1. The molecule has 1 saturated heterocycles. The van der Waals surface area contributed by atoms with Crippen LogP contribution in [0.3, 0.4) is 0 Å². The quantitative estimate of drug-likeness (QED) is 0.788. The summed E-state index contributed by atoms with van der Waals surface area (Å²) in [7, 11) is 2.16. The summed E-state index contributed by atoms with van der Waals surface area (Å²) in [6.45, 7) is 9.91. The summed E-state index contributed by atoms with van der Waals surface area (Å²) < 4.78 is 0. The fraction of sp³-hybridized carbons (Fsp3) is 0.929. The highest BCUT2D eigenvalue weighted by molar-refractivity contribution is 5.74. The van der Waals surface area contributed by atoms with Crippen LogP contribution in [0.5, 0.6) is 0 Å². The van der Waals surface area contributed by atoms with Gasteiger partial charge in [-0.15, -0.1) is 0 Å². The van der Waals surface area contributed by atoms with E-state index >= 15 is 0 Å². The van der Waals surface area contributed by atoms with Crippen molar-refractivity contribution < 1.29 is 9.90 Å². The molecule has 1 rings (SSSR count). The van der Waals surface area contributed by atoms with Gasteiger partial charge in [-0.25, -0.2) is 0 Å². The highest BCUT2D eigenvalue weighted by Gasteiger charge is 2.38. The Balaban J connectivity index is 2.68. The molecule has 4 nitrogen and oxygen atoms in total. The predicted octanol–water partition coefficient (Wildman–Crippen LogP) is 1.90. The molecule has 1 atom stereocenters. The van der Waals surface area contributed by atoms with Gasteiger partial charge >= 0.3 is 5.97 Å². The number of aliphatic carboxylic acids is 1. The Labute approximate surface area is 111 Å². The van der Waals surface area contributed by atoms with E-state index in [9.17, 15) is 9.90 Å². The van der Waals surface area contributed by atoms with Gasteiger partial charge in [-0.05, 0) is 26.3 Å². The molecule has 1 aliphatic heterocycles. The van der Waals surface area contributed by atoms with Crippen molar-refractivity contribution in [2.75, 3.05) is 33.2 Å². The Kier molecular flexibility index (Phi) is 5.60. The van der Waals surface area contributed by atoms with Crippen molar-refractivity contribution in [1.29, 1.82) is 0 Å². The van der Waals surface area contributed by atoms with Crippen molar-refractivity contribution in [3.63, 3.8) is 0 Å². The molecule has 106 valence electrons. The fourth-order valence-electron chi connectivity index (χ4n) is 2.87. The first-order chi connectivity index (χ1) is 8.49. The summed E-state index contributed by atoms with van der Waals surface area (Å²) in [6, 6.07) is 0.568. The maximum atomic E-state index is 11.5. The average Bonchev–Trinajstić information content (AvgIpc) is 2.37. The molecular weight excluding hydrogens is 228 g/mol. The number of piperazine rings is 1. The van der Waals surface area contributed by atoms with Crippen molar-refractivity contribution >= 4 is 5.97 Å². The minimum atomic E-state index is -0.639. The SMILES string of the molecule is CCC1CN(CC(CC)(CC)C(=O)O)CCN1C. The van der Waals surface area contributed by atoms with Crippen molar-refractivity contribution in [3.05, 3.63) is 0 Å². The van der Waals surface area contributed by atoms with Gasteiger partial charge < -0.3 is 10.0 Å². The Morgan fingerprint density at radius 1 is 1.28 bits per heavy atom. The minimum absolute atomic E-state index is 0.561. The summed E-state index contributed by atoms with van der Waals surface area (Å²) in [5.41, 5.74) is -0.561. The van der Waals surface area contributed by atoms with E-state index in [-0.39, 0.29) is 0 Å². The van der Waals surface area contributed by atoms with E-state index in [1.54, 1.807) is 0 Å². The number of likely N-dealkylation sites (N-methyl/N-ethyl adjacent to an activating group) is 1. The zero-order valence-corrected chi connectivity index (χ0v) is 12.3. The first-order valence-electron chi connectivity index (χ1n) is 7.15. The van der Waals surface area contributed by atoms with Crippen LogP contribution in [0, 0.1) is 5.41 Å². The summed E-state index contributed by atoms with van der Waals surface area (Å²) in [6.07, 6.45) is 2.55. The van der Waals surface area contributed by atoms with Gasteiger partial charge in [0.25, 0.3) is 0 Å². The fourth-order valence-corrected chi connectivity index (χ4v) is 2.87. The average molecular weight is 256 g/mol. The zero-order chi connectivity index (χ0) is 13.8. The van der Waals surface area contributed by atoms with Gasteiger partial charge in [0.15, 0.2) is 0 Å². The van der Waals surface area contributed by atoms with Gasteiger partial charge in [-0.3, -0.25) is 9.69 Å². The molecule has 0 spiro atoms. The highest BCUT2D eigenvalue weighted by Crippen LogP contribution is 2.29. The molecule has 18 heavy (non-hydrogen) atoms. The molecule has 1 N–H and O–H groups in total. The van der Waals surface area contributed by atoms with Gasteiger partial charge in [0, 0.05) is 32.2 Å². The molecule has 0 aromatic rings. The Hall–Kier alpha value is -0.610. The van der Waals surface area contributed by atoms with Gasteiger partial charge in [0.05, 0.1) is 5.41 Å². The molecule has 1 unspecified atom stereocenters. The monoisotopic (exact) mass is 256 g/mol. The van der Waals surface area contributed by atoms with E-state index in [2.05, 4.69) is 23.8 Å². The summed E-state index contributed by atoms with van der Waals surface area (Å²) in [5.74, 6) is -0.639. The van der Waals surface area contributed by atoms with E-state index in [4.69, 9.17) is 0 Å². The third kappa shape index (κ3) is 3.23. The Morgan fingerprint density at radius 2 is 1.89 bits per heavy atom. The number of nitrogens with zero attached hydrogens (tertiary/aromatic N) is 2. The van der Waals surface area contributed by atoms with E-state index in [1.807, 2.05) is 13.8 Å². The molecule has 0 radical (unpaired) electrons. The topological polar surface area (TPSA) is 43.8 Å². The molecule has 0 bridgehead atoms. The predicted molar refractivity (Wildman–Crippen MR) is 73.8 cm³/mol. The molecule has 0 amide bonds. The Morgan fingerprint density at radius 3 is 2.33 bits per heavy atom. The van der Waals surface area contributed by atoms with Crippen LogP contribution >= 0.6 is 0 Å². The van der Waals surface area contributed by atoms with E-state index in [1.165, 1.54) is 0 Å². The molecule has 4 heteroatoms. The van der Waals surface area contributed by atoms with Crippen molar-refractivity contribution in [3.8, 4) is 0 Å². The third-order valence-corrected chi connectivity index (χ3v) is 4.67. The van der Waals surface area contributed by atoms with E-state index in [0.29, 0.717) is 25.4 Å². The second kappa shape index (κ2) is 6.53. The van der Waals surface area contributed by atoms with Gasteiger partial charge in [-0.2, -0.15) is 0 Å². The largest absolute Gasteiger partial charge is 0.481 e. The lowest BCUT2D eigenvalue weighted by atomic mass is 9.81. The molecule has 1 aliphatic rings. The van der Waals surface area contributed by atoms with E-state index < -0.39 is 11.4 Å². The normalized spacial score (nSPS) is 23.2. The van der Waals surface area contributed by atoms with Crippen molar-refractivity contribution in [1.82, 2.24) is 9.80 Å². The van der Waals surface area contributed by atoms with Crippen LogP contribution in [-0.2, 0) is 4.79 Å². The minimum Gasteiger partial charge on any atom is -0.481 e. The molecule has 0 aromatic heterocycles. The molecule has 0 aliphatic carbocycles. The lowest BCUT2D eigenvalue weighted by Gasteiger charge is -2.42. The summed E-state index contributed by atoms with van der Waals surface area (Å²) in [4.78, 5) is 16.3. The number of hydrogen-bond acceptors (Lipinski definition) is 3. The van der Waals surface area contributed by atoms with Crippen molar-refractivity contribution in [2.45, 2.75) is 46.1 Å². The molecule has 1 fully saturated rings. The van der Waals surface area contributed by atoms with Crippen LogP contribution in [0.25, 0.3) is 0 Å². The summed E-state index contributed by atoms with van der Waals surface area (Å²) in [5, 5.41) is 9.49. The van der Waals surface area contributed by atoms with Gasteiger partial charge in [0.2, 0.25) is 0 Å². The molecular formula is C14H28N2O2.